The molecular weight excluding hydrogens is 228 g/mol. The number of nitrogens with two attached hydrogens (primary N) is 1. The van der Waals surface area contributed by atoms with E-state index < -0.39 is 0 Å². The molecule has 4 nitrogen and oxygen atoms in total. The van der Waals surface area contributed by atoms with E-state index in [1.54, 1.807) is 6.20 Å². The molecule has 1 heterocycles. The molecule has 2 aromatic rings. The van der Waals surface area contributed by atoms with Crippen LogP contribution < -0.4 is 10.5 Å². The number of aromatic nitrogens is 1. The highest BCUT2D eigenvalue weighted by molar-refractivity contribution is 5.63. The first kappa shape index (κ1) is 12.6. The van der Waals surface area contributed by atoms with E-state index in [1.165, 1.54) is 0 Å². The number of aryl methyl sites for hydroxylation is 1. The van der Waals surface area contributed by atoms with Gasteiger partial charge in [-0.05, 0) is 50.6 Å². The largest absolute Gasteiger partial charge is 0.494 e. The molecule has 96 valence electrons. The molecule has 0 unspecified atom stereocenters. The molecule has 2 N–H and O–H groups in total. The lowest BCUT2D eigenvalue weighted by Gasteiger charge is -2.08. The molecule has 0 atom stereocenters. The molecule has 2 rings (SSSR count). The Kier molecular flexibility index (Phi) is 3.99. The van der Waals surface area contributed by atoms with Crippen molar-refractivity contribution in [2.75, 3.05) is 13.2 Å². The third kappa shape index (κ3) is 2.54. The van der Waals surface area contributed by atoms with Crippen LogP contribution in [0.5, 0.6) is 5.75 Å². The topological polar surface area (TPSA) is 61.3 Å². The van der Waals surface area contributed by atoms with E-state index in [1.807, 2.05) is 32.0 Å². The van der Waals surface area contributed by atoms with Gasteiger partial charge in [-0.25, -0.2) is 0 Å². The SMILES string of the molecule is CCOc1ccc(-c2oncc2CCN)cc1C. The van der Waals surface area contributed by atoms with E-state index in [0.29, 0.717) is 13.2 Å². The van der Waals surface area contributed by atoms with E-state index in [9.17, 15) is 0 Å². The zero-order valence-electron chi connectivity index (χ0n) is 10.8. The molecule has 4 heteroatoms. The zero-order chi connectivity index (χ0) is 13.0. The van der Waals surface area contributed by atoms with Crippen molar-refractivity contribution in [2.24, 2.45) is 5.73 Å². The van der Waals surface area contributed by atoms with Gasteiger partial charge in [0.1, 0.15) is 5.75 Å². The van der Waals surface area contributed by atoms with Crippen molar-refractivity contribution in [1.82, 2.24) is 5.16 Å². The van der Waals surface area contributed by atoms with Crippen molar-refractivity contribution in [2.45, 2.75) is 20.3 Å². The second-order valence-corrected chi connectivity index (χ2v) is 4.13. The smallest absolute Gasteiger partial charge is 0.170 e. The Morgan fingerprint density at radius 1 is 1.39 bits per heavy atom. The molecule has 0 aliphatic rings. The summed E-state index contributed by atoms with van der Waals surface area (Å²) in [7, 11) is 0. The Morgan fingerprint density at radius 3 is 2.89 bits per heavy atom. The van der Waals surface area contributed by atoms with Crippen molar-refractivity contribution in [3.05, 3.63) is 35.5 Å². The maximum absolute atomic E-state index is 5.57. The summed E-state index contributed by atoms with van der Waals surface area (Å²) in [5, 5.41) is 3.84. The van der Waals surface area contributed by atoms with Gasteiger partial charge >= 0.3 is 0 Å². The van der Waals surface area contributed by atoms with Gasteiger partial charge in [-0.15, -0.1) is 0 Å². The molecule has 0 aliphatic heterocycles. The fraction of sp³-hybridized carbons (Fsp3) is 0.357. The summed E-state index contributed by atoms with van der Waals surface area (Å²) in [6, 6.07) is 5.99. The summed E-state index contributed by atoms with van der Waals surface area (Å²) in [5.74, 6) is 1.70. The monoisotopic (exact) mass is 246 g/mol. The van der Waals surface area contributed by atoms with E-state index in [2.05, 4.69) is 5.16 Å². The van der Waals surface area contributed by atoms with Gasteiger partial charge in [0.05, 0.1) is 12.8 Å². The number of hydrogen-bond donors (Lipinski definition) is 1. The predicted molar refractivity (Wildman–Crippen MR) is 70.6 cm³/mol. The van der Waals surface area contributed by atoms with Crippen LogP contribution in [0.2, 0.25) is 0 Å². The Balaban J connectivity index is 2.33. The second kappa shape index (κ2) is 5.69. The van der Waals surface area contributed by atoms with E-state index in [4.69, 9.17) is 15.0 Å². The minimum Gasteiger partial charge on any atom is -0.494 e. The lowest BCUT2D eigenvalue weighted by Crippen LogP contribution is -2.02. The van der Waals surface area contributed by atoms with Crippen LogP contribution in [0.25, 0.3) is 11.3 Å². The van der Waals surface area contributed by atoms with Gasteiger partial charge in [-0.2, -0.15) is 0 Å². The van der Waals surface area contributed by atoms with E-state index in [0.717, 1.165) is 34.6 Å². The second-order valence-electron chi connectivity index (χ2n) is 4.13. The summed E-state index contributed by atoms with van der Waals surface area (Å²) in [5.41, 5.74) is 8.71. The van der Waals surface area contributed by atoms with Gasteiger partial charge in [0.2, 0.25) is 0 Å². The van der Waals surface area contributed by atoms with E-state index >= 15 is 0 Å². The Bertz CT molecular complexity index is 520. The first-order valence-corrected chi connectivity index (χ1v) is 6.13. The minimum atomic E-state index is 0.588. The number of ether oxygens (including phenoxy) is 1. The van der Waals surface area contributed by atoms with Gasteiger partial charge in [0.25, 0.3) is 0 Å². The Hall–Kier alpha value is -1.81. The van der Waals surface area contributed by atoms with Crippen molar-refractivity contribution in [3.63, 3.8) is 0 Å². The molecular formula is C14H18N2O2. The molecule has 0 amide bonds. The first-order chi connectivity index (χ1) is 8.76. The van der Waals surface area contributed by atoms with Gasteiger partial charge in [0, 0.05) is 11.1 Å². The summed E-state index contributed by atoms with van der Waals surface area (Å²) >= 11 is 0. The maximum atomic E-state index is 5.57. The molecule has 0 spiro atoms. The van der Waals surface area contributed by atoms with Crippen LogP contribution in [0.4, 0.5) is 0 Å². The summed E-state index contributed by atoms with van der Waals surface area (Å²) in [6.07, 6.45) is 2.50. The highest BCUT2D eigenvalue weighted by Gasteiger charge is 2.11. The molecule has 0 saturated heterocycles. The van der Waals surface area contributed by atoms with Crippen LogP contribution in [0.1, 0.15) is 18.1 Å². The fourth-order valence-corrected chi connectivity index (χ4v) is 1.94. The summed E-state index contributed by atoms with van der Waals surface area (Å²) < 4.78 is 10.8. The Labute approximate surface area is 107 Å². The van der Waals surface area contributed by atoms with Crippen molar-refractivity contribution in [3.8, 4) is 17.1 Å². The van der Waals surface area contributed by atoms with Gasteiger partial charge in [0.15, 0.2) is 5.76 Å². The Morgan fingerprint density at radius 2 is 2.22 bits per heavy atom. The standard InChI is InChI=1S/C14H18N2O2/c1-3-17-13-5-4-11(8-10(13)2)14-12(6-7-15)9-16-18-14/h4-5,8-9H,3,6-7,15H2,1-2H3. The normalized spacial score (nSPS) is 10.6. The molecule has 1 aromatic carbocycles. The number of nitrogens with zero attached hydrogens (tertiary/aromatic N) is 1. The average molecular weight is 246 g/mol. The first-order valence-electron chi connectivity index (χ1n) is 6.13. The fourth-order valence-electron chi connectivity index (χ4n) is 1.94. The molecule has 0 fully saturated rings. The van der Waals surface area contributed by atoms with Crippen LogP contribution in [0.3, 0.4) is 0 Å². The van der Waals surface area contributed by atoms with Gasteiger partial charge in [-0.1, -0.05) is 5.16 Å². The number of hydrogen-bond acceptors (Lipinski definition) is 4. The van der Waals surface area contributed by atoms with Gasteiger partial charge in [-0.3, -0.25) is 0 Å². The van der Waals surface area contributed by atoms with Crippen LogP contribution in [-0.4, -0.2) is 18.3 Å². The van der Waals surface area contributed by atoms with Crippen molar-refractivity contribution >= 4 is 0 Å². The van der Waals surface area contributed by atoms with Gasteiger partial charge < -0.3 is 15.0 Å². The highest BCUT2D eigenvalue weighted by Crippen LogP contribution is 2.28. The zero-order valence-corrected chi connectivity index (χ0v) is 10.8. The lowest BCUT2D eigenvalue weighted by atomic mass is 10.0. The quantitative estimate of drug-likeness (QED) is 0.880. The van der Waals surface area contributed by atoms with Crippen LogP contribution in [0.15, 0.2) is 28.9 Å². The van der Waals surface area contributed by atoms with E-state index in [-0.39, 0.29) is 0 Å². The minimum absolute atomic E-state index is 0.588. The van der Waals surface area contributed by atoms with Crippen molar-refractivity contribution in [1.29, 1.82) is 0 Å². The summed E-state index contributed by atoms with van der Waals surface area (Å²) in [6.45, 7) is 5.25. The van der Waals surface area contributed by atoms with Crippen LogP contribution >= 0.6 is 0 Å². The lowest BCUT2D eigenvalue weighted by molar-refractivity contribution is 0.338. The van der Waals surface area contributed by atoms with Crippen molar-refractivity contribution < 1.29 is 9.26 Å². The third-order valence-corrected chi connectivity index (χ3v) is 2.79. The predicted octanol–water partition coefficient (Wildman–Crippen LogP) is 2.55. The van der Waals surface area contributed by atoms with Crippen LogP contribution in [0, 0.1) is 6.92 Å². The van der Waals surface area contributed by atoms with Crippen LogP contribution in [-0.2, 0) is 6.42 Å². The number of rotatable bonds is 5. The molecule has 0 radical (unpaired) electrons. The average Bonchev–Trinajstić information content (AvgIpc) is 2.81. The molecule has 18 heavy (non-hydrogen) atoms. The highest BCUT2D eigenvalue weighted by atomic mass is 16.5. The third-order valence-electron chi connectivity index (χ3n) is 2.79. The number of benzene rings is 1. The molecule has 0 aliphatic carbocycles. The molecule has 1 aromatic heterocycles. The molecule has 0 bridgehead atoms. The molecule has 0 saturated carbocycles. The summed E-state index contributed by atoms with van der Waals surface area (Å²) in [4.78, 5) is 0. The maximum Gasteiger partial charge on any atom is 0.170 e.